The first-order valence-electron chi connectivity index (χ1n) is 8.60. The fraction of sp³-hybridized carbons (Fsp3) is 0.611. The lowest BCUT2D eigenvalue weighted by Gasteiger charge is -2.37. The van der Waals surface area contributed by atoms with E-state index in [0.29, 0.717) is 23.8 Å². The highest BCUT2D eigenvalue weighted by Gasteiger charge is 2.31. The van der Waals surface area contributed by atoms with Gasteiger partial charge in [-0.2, -0.15) is 0 Å². The largest absolute Gasteiger partial charge is 0.381 e. The summed E-state index contributed by atoms with van der Waals surface area (Å²) in [5, 5.41) is 5.61. The summed E-state index contributed by atoms with van der Waals surface area (Å²) >= 11 is 0. The molecule has 0 atom stereocenters. The topological polar surface area (TPSA) is 83.6 Å². The Kier molecular flexibility index (Phi) is 6.36. The van der Waals surface area contributed by atoms with Gasteiger partial charge in [0.15, 0.2) is 0 Å². The SMILES string of the molecule is CN(C)C(=O)c1ccnc(NC(=O)NCC(C)(C)C2CCOCC2)c1. The second kappa shape index (κ2) is 8.29. The van der Waals surface area contributed by atoms with Crippen LogP contribution in [0.25, 0.3) is 0 Å². The van der Waals surface area contributed by atoms with Crippen molar-refractivity contribution in [1.29, 1.82) is 0 Å². The summed E-state index contributed by atoms with van der Waals surface area (Å²) < 4.78 is 5.41. The maximum Gasteiger partial charge on any atom is 0.320 e. The molecule has 0 unspecified atom stereocenters. The minimum Gasteiger partial charge on any atom is -0.381 e. The van der Waals surface area contributed by atoms with Crippen molar-refractivity contribution in [1.82, 2.24) is 15.2 Å². The summed E-state index contributed by atoms with van der Waals surface area (Å²) in [7, 11) is 3.36. The third-order valence-electron chi connectivity index (χ3n) is 4.69. The fourth-order valence-electron chi connectivity index (χ4n) is 2.98. The molecule has 2 rings (SSSR count). The number of carbonyl (C=O) groups excluding carboxylic acids is 2. The minimum absolute atomic E-state index is 0.00269. The molecular weight excluding hydrogens is 320 g/mol. The molecule has 1 aliphatic heterocycles. The number of ether oxygens (including phenoxy) is 1. The van der Waals surface area contributed by atoms with E-state index in [2.05, 4.69) is 29.5 Å². The zero-order valence-corrected chi connectivity index (χ0v) is 15.5. The third kappa shape index (κ3) is 5.42. The molecule has 0 bridgehead atoms. The van der Waals surface area contributed by atoms with Gasteiger partial charge in [0.2, 0.25) is 0 Å². The van der Waals surface area contributed by atoms with Gasteiger partial charge >= 0.3 is 6.03 Å². The summed E-state index contributed by atoms with van der Waals surface area (Å²) in [5.41, 5.74) is 0.481. The van der Waals surface area contributed by atoms with Gasteiger partial charge in [0, 0.05) is 45.6 Å². The fourth-order valence-corrected chi connectivity index (χ4v) is 2.98. The highest BCUT2D eigenvalue weighted by molar-refractivity contribution is 5.95. The number of urea groups is 1. The van der Waals surface area contributed by atoms with Crippen molar-refractivity contribution >= 4 is 17.8 Å². The van der Waals surface area contributed by atoms with E-state index in [0.717, 1.165) is 26.1 Å². The van der Waals surface area contributed by atoms with Crippen molar-refractivity contribution < 1.29 is 14.3 Å². The van der Waals surface area contributed by atoms with Gasteiger partial charge in [0.25, 0.3) is 5.91 Å². The summed E-state index contributed by atoms with van der Waals surface area (Å²) in [6.07, 6.45) is 3.55. The van der Waals surface area contributed by atoms with E-state index in [9.17, 15) is 9.59 Å². The van der Waals surface area contributed by atoms with Gasteiger partial charge in [0.1, 0.15) is 5.82 Å². The number of anilines is 1. The smallest absolute Gasteiger partial charge is 0.320 e. The summed E-state index contributed by atoms with van der Waals surface area (Å²) in [6, 6.07) is 2.88. The van der Waals surface area contributed by atoms with Crippen LogP contribution in [0.4, 0.5) is 10.6 Å². The molecule has 1 aliphatic rings. The van der Waals surface area contributed by atoms with Gasteiger partial charge in [-0.15, -0.1) is 0 Å². The predicted molar refractivity (Wildman–Crippen MR) is 96.6 cm³/mol. The van der Waals surface area contributed by atoms with E-state index >= 15 is 0 Å². The molecule has 1 aromatic rings. The molecule has 2 N–H and O–H groups in total. The molecule has 0 saturated carbocycles. The number of amides is 3. The monoisotopic (exact) mass is 348 g/mol. The van der Waals surface area contributed by atoms with Gasteiger partial charge in [-0.3, -0.25) is 10.1 Å². The highest BCUT2D eigenvalue weighted by atomic mass is 16.5. The molecule has 25 heavy (non-hydrogen) atoms. The molecule has 0 radical (unpaired) electrons. The number of hydrogen-bond donors (Lipinski definition) is 2. The second-order valence-electron chi connectivity index (χ2n) is 7.31. The first-order chi connectivity index (χ1) is 11.8. The standard InChI is InChI=1S/C18H28N4O3/c1-18(2,14-6-9-25-10-7-14)12-20-17(24)21-15-11-13(5-8-19-15)16(23)22(3)4/h5,8,11,14H,6-7,9-10,12H2,1-4H3,(H2,19,20,21,24). The van der Waals surface area contributed by atoms with Crippen molar-refractivity contribution in [3.05, 3.63) is 23.9 Å². The van der Waals surface area contributed by atoms with Crippen molar-refractivity contribution in [3.8, 4) is 0 Å². The van der Waals surface area contributed by atoms with Crippen LogP contribution in [0.15, 0.2) is 18.3 Å². The number of rotatable bonds is 5. The zero-order chi connectivity index (χ0) is 18.4. The van der Waals surface area contributed by atoms with Gasteiger partial charge < -0.3 is 15.0 Å². The van der Waals surface area contributed by atoms with Gasteiger partial charge in [0.05, 0.1) is 0 Å². The number of aromatic nitrogens is 1. The lowest BCUT2D eigenvalue weighted by Crippen LogP contribution is -2.42. The molecule has 1 aromatic heterocycles. The maximum atomic E-state index is 12.2. The quantitative estimate of drug-likeness (QED) is 0.856. The van der Waals surface area contributed by atoms with Gasteiger partial charge in [-0.05, 0) is 36.3 Å². The molecule has 1 saturated heterocycles. The summed E-state index contributed by atoms with van der Waals surface area (Å²) in [5.74, 6) is 0.751. The number of nitrogens with one attached hydrogen (secondary N) is 2. The Hall–Kier alpha value is -2.15. The number of hydrogen-bond acceptors (Lipinski definition) is 4. The van der Waals surface area contributed by atoms with Gasteiger partial charge in [-0.1, -0.05) is 13.8 Å². The van der Waals surface area contributed by atoms with E-state index in [-0.39, 0.29) is 17.4 Å². The minimum atomic E-state index is -0.318. The molecular formula is C18H28N4O3. The van der Waals surface area contributed by atoms with Crippen LogP contribution >= 0.6 is 0 Å². The first-order valence-corrected chi connectivity index (χ1v) is 8.60. The number of pyridine rings is 1. The lowest BCUT2D eigenvalue weighted by molar-refractivity contribution is 0.0238. The molecule has 0 aliphatic carbocycles. The molecule has 0 aromatic carbocycles. The van der Waals surface area contributed by atoms with Crippen LogP contribution in [0.5, 0.6) is 0 Å². The third-order valence-corrected chi connectivity index (χ3v) is 4.69. The Balaban J connectivity index is 1.89. The van der Waals surface area contributed by atoms with Crippen LogP contribution in [-0.4, -0.2) is 55.7 Å². The summed E-state index contributed by atoms with van der Waals surface area (Å²) in [4.78, 5) is 29.7. The lowest BCUT2D eigenvalue weighted by atomic mass is 9.74. The molecule has 2 heterocycles. The highest BCUT2D eigenvalue weighted by Crippen LogP contribution is 2.33. The van der Waals surface area contributed by atoms with E-state index in [1.165, 1.54) is 11.1 Å². The van der Waals surface area contributed by atoms with Crippen LogP contribution in [0.3, 0.4) is 0 Å². The average Bonchev–Trinajstić information content (AvgIpc) is 2.60. The Morgan fingerprint density at radius 3 is 2.64 bits per heavy atom. The van der Waals surface area contributed by atoms with E-state index in [4.69, 9.17) is 4.74 Å². The summed E-state index contributed by atoms with van der Waals surface area (Å²) in [6.45, 7) is 6.48. The zero-order valence-electron chi connectivity index (χ0n) is 15.5. The molecule has 7 heteroatoms. The normalized spacial score (nSPS) is 15.5. The molecule has 0 spiro atoms. The van der Waals surface area contributed by atoms with Crippen molar-refractivity contribution in [3.63, 3.8) is 0 Å². The maximum absolute atomic E-state index is 12.2. The van der Waals surface area contributed by atoms with E-state index < -0.39 is 0 Å². The Bertz CT molecular complexity index is 610. The predicted octanol–water partition coefficient (Wildman–Crippen LogP) is 2.36. The van der Waals surface area contributed by atoms with Crippen LogP contribution in [-0.2, 0) is 4.74 Å². The Labute approximate surface area is 149 Å². The van der Waals surface area contributed by atoms with Crippen LogP contribution in [0.1, 0.15) is 37.0 Å². The van der Waals surface area contributed by atoms with Crippen LogP contribution < -0.4 is 10.6 Å². The van der Waals surface area contributed by atoms with Crippen LogP contribution in [0.2, 0.25) is 0 Å². The van der Waals surface area contributed by atoms with E-state index in [1.54, 1.807) is 26.2 Å². The molecule has 3 amide bonds. The van der Waals surface area contributed by atoms with Gasteiger partial charge in [-0.25, -0.2) is 9.78 Å². The van der Waals surface area contributed by atoms with Crippen molar-refractivity contribution in [2.75, 3.05) is 39.2 Å². The average molecular weight is 348 g/mol. The number of carbonyl (C=O) groups is 2. The Morgan fingerprint density at radius 2 is 2.00 bits per heavy atom. The first kappa shape index (κ1) is 19.2. The number of nitrogens with zero attached hydrogens (tertiary/aromatic N) is 2. The molecule has 1 fully saturated rings. The van der Waals surface area contributed by atoms with Crippen molar-refractivity contribution in [2.45, 2.75) is 26.7 Å². The van der Waals surface area contributed by atoms with Crippen LogP contribution in [0, 0.1) is 11.3 Å². The molecule has 138 valence electrons. The van der Waals surface area contributed by atoms with E-state index in [1.807, 2.05) is 0 Å². The Morgan fingerprint density at radius 1 is 1.32 bits per heavy atom. The molecule has 7 nitrogen and oxygen atoms in total. The van der Waals surface area contributed by atoms with Crippen molar-refractivity contribution in [2.24, 2.45) is 11.3 Å². The second-order valence-corrected chi connectivity index (χ2v) is 7.31.